The normalized spacial score (nSPS) is 17.4. The minimum absolute atomic E-state index is 0.156. The molecule has 3 heteroatoms. The van der Waals surface area contributed by atoms with E-state index in [9.17, 15) is 4.79 Å². The second-order valence-electron chi connectivity index (χ2n) is 12.4. The number of benzene rings is 3. The molecule has 3 aromatic carbocycles. The summed E-state index contributed by atoms with van der Waals surface area (Å²) in [5.41, 5.74) is 7.63. The summed E-state index contributed by atoms with van der Waals surface area (Å²) in [4.78, 5) is 12.1. The molecule has 3 nitrogen and oxygen atoms in total. The summed E-state index contributed by atoms with van der Waals surface area (Å²) in [6.45, 7) is 12.6. The van der Waals surface area contributed by atoms with Gasteiger partial charge in [-0.05, 0) is 90.1 Å². The molecule has 4 aromatic rings. The van der Waals surface area contributed by atoms with Crippen molar-refractivity contribution in [3.8, 4) is 0 Å². The van der Waals surface area contributed by atoms with Crippen molar-refractivity contribution in [3.05, 3.63) is 82.9 Å². The first-order chi connectivity index (χ1) is 17.7. The van der Waals surface area contributed by atoms with Gasteiger partial charge < -0.3 is 9.30 Å². The fourth-order valence-corrected chi connectivity index (χ4v) is 6.13. The zero-order valence-electron chi connectivity index (χ0n) is 23.2. The van der Waals surface area contributed by atoms with Gasteiger partial charge in [-0.2, -0.15) is 0 Å². The summed E-state index contributed by atoms with van der Waals surface area (Å²) < 4.78 is 7.60. The zero-order chi connectivity index (χ0) is 26.2. The molecular formula is C34H41NO2. The Kier molecular flexibility index (Phi) is 6.91. The van der Waals surface area contributed by atoms with Crippen LogP contribution in [0.1, 0.15) is 93.8 Å². The molecule has 1 aliphatic rings. The van der Waals surface area contributed by atoms with Crippen LogP contribution in [0.4, 0.5) is 0 Å². The predicted molar refractivity (Wildman–Crippen MR) is 155 cm³/mol. The number of nitrogens with zero attached hydrogens (tertiary/aromatic N) is 1. The van der Waals surface area contributed by atoms with Crippen LogP contribution in [0.2, 0.25) is 0 Å². The Hall–Kier alpha value is -3.07. The van der Waals surface area contributed by atoms with Gasteiger partial charge in [0.05, 0.1) is 12.2 Å². The lowest BCUT2D eigenvalue weighted by atomic mass is 9.77. The van der Waals surface area contributed by atoms with Crippen molar-refractivity contribution in [1.29, 1.82) is 0 Å². The molecule has 0 saturated carbocycles. The molecule has 0 spiro atoms. The maximum atomic E-state index is 12.1. The van der Waals surface area contributed by atoms with Crippen LogP contribution in [-0.4, -0.2) is 17.1 Å². The summed E-state index contributed by atoms with van der Waals surface area (Å²) in [6.07, 6.45) is 7.50. The van der Waals surface area contributed by atoms with Gasteiger partial charge in [-0.3, -0.25) is 0 Å². The molecule has 37 heavy (non-hydrogen) atoms. The summed E-state index contributed by atoms with van der Waals surface area (Å²) in [5.74, 6) is -0.263. The Morgan fingerprint density at radius 1 is 0.838 bits per heavy atom. The van der Waals surface area contributed by atoms with Crippen LogP contribution < -0.4 is 0 Å². The molecular weight excluding hydrogens is 454 g/mol. The molecule has 0 atom stereocenters. The summed E-state index contributed by atoms with van der Waals surface area (Å²) in [7, 11) is 0. The van der Waals surface area contributed by atoms with Gasteiger partial charge in [0.15, 0.2) is 0 Å². The van der Waals surface area contributed by atoms with Crippen molar-refractivity contribution < 1.29 is 9.53 Å². The second-order valence-corrected chi connectivity index (χ2v) is 12.4. The van der Waals surface area contributed by atoms with Crippen molar-refractivity contribution in [2.75, 3.05) is 6.61 Å². The number of fused-ring (bicyclic) bond motifs is 2. The molecule has 0 unspecified atom stereocenters. The number of aromatic nitrogens is 1. The molecule has 0 aliphatic heterocycles. The molecule has 0 N–H and O–H groups in total. The minimum atomic E-state index is -0.263. The lowest BCUT2D eigenvalue weighted by molar-refractivity contribution is 0.0526. The average molecular weight is 496 g/mol. The van der Waals surface area contributed by atoms with Gasteiger partial charge in [-0.25, -0.2) is 4.79 Å². The first kappa shape index (κ1) is 25.6. The first-order valence-electron chi connectivity index (χ1n) is 14.0. The van der Waals surface area contributed by atoms with Gasteiger partial charge in [0.25, 0.3) is 0 Å². The minimum Gasteiger partial charge on any atom is -0.462 e. The third kappa shape index (κ3) is 5.32. The SMILES string of the molecule is CCOC(=O)c1ccc(Cn2c3ccc4cc3c3cc(ccc32)C(C)(C)CCCCCC(C)(C)C4)cc1. The number of hydrogen-bond acceptors (Lipinski definition) is 2. The van der Waals surface area contributed by atoms with Crippen molar-refractivity contribution in [1.82, 2.24) is 4.57 Å². The molecule has 194 valence electrons. The van der Waals surface area contributed by atoms with E-state index >= 15 is 0 Å². The van der Waals surface area contributed by atoms with Gasteiger partial charge in [0.1, 0.15) is 0 Å². The largest absolute Gasteiger partial charge is 0.462 e. The number of rotatable bonds is 4. The van der Waals surface area contributed by atoms with E-state index in [1.165, 1.54) is 70.6 Å². The van der Waals surface area contributed by atoms with E-state index in [1.54, 1.807) is 0 Å². The third-order valence-electron chi connectivity index (χ3n) is 8.35. The Balaban J connectivity index is 1.62. The van der Waals surface area contributed by atoms with E-state index in [-0.39, 0.29) is 11.4 Å². The lowest BCUT2D eigenvalue weighted by Crippen LogP contribution is -2.17. The summed E-state index contributed by atoms with van der Waals surface area (Å²) in [6, 6.07) is 22.1. The fourth-order valence-electron chi connectivity index (χ4n) is 6.13. The highest BCUT2D eigenvalue weighted by Crippen LogP contribution is 2.38. The lowest BCUT2D eigenvalue weighted by Gasteiger charge is -2.27. The molecule has 0 fully saturated rings. The Bertz CT molecular complexity index is 1420. The van der Waals surface area contributed by atoms with Gasteiger partial charge in [0.2, 0.25) is 0 Å². The van der Waals surface area contributed by atoms with Crippen molar-refractivity contribution >= 4 is 27.8 Å². The monoisotopic (exact) mass is 495 g/mol. The van der Waals surface area contributed by atoms with E-state index in [2.05, 4.69) is 68.7 Å². The van der Waals surface area contributed by atoms with Crippen LogP contribution in [0.5, 0.6) is 0 Å². The predicted octanol–water partition coefficient (Wildman–Crippen LogP) is 8.83. The van der Waals surface area contributed by atoms with E-state index in [0.29, 0.717) is 17.6 Å². The molecule has 1 heterocycles. The number of hydrogen-bond donors (Lipinski definition) is 0. The topological polar surface area (TPSA) is 31.2 Å². The van der Waals surface area contributed by atoms with Crippen LogP contribution >= 0.6 is 0 Å². The summed E-state index contributed by atoms with van der Waals surface area (Å²) in [5, 5.41) is 2.70. The highest BCUT2D eigenvalue weighted by atomic mass is 16.5. The Labute approximate surface area is 221 Å². The number of carbonyl (C=O) groups is 1. The van der Waals surface area contributed by atoms with Crippen LogP contribution in [-0.2, 0) is 23.1 Å². The van der Waals surface area contributed by atoms with Crippen molar-refractivity contribution in [3.63, 3.8) is 0 Å². The molecule has 0 saturated heterocycles. The van der Waals surface area contributed by atoms with E-state index < -0.39 is 0 Å². The number of esters is 1. The summed E-state index contributed by atoms with van der Waals surface area (Å²) >= 11 is 0. The number of ether oxygens (including phenoxy) is 1. The van der Waals surface area contributed by atoms with Gasteiger partial charge >= 0.3 is 5.97 Å². The van der Waals surface area contributed by atoms with Crippen molar-refractivity contribution in [2.24, 2.45) is 5.41 Å². The Morgan fingerprint density at radius 3 is 2.24 bits per heavy atom. The Morgan fingerprint density at radius 2 is 1.51 bits per heavy atom. The van der Waals surface area contributed by atoms with Crippen LogP contribution in [0.25, 0.3) is 21.8 Å². The molecule has 1 aromatic heterocycles. The number of carbonyl (C=O) groups excluding carboxylic acids is 1. The van der Waals surface area contributed by atoms with Gasteiger partial charge in [-0.15, -0.1) is 0 Å². The highest BCUT2D eigenvalue weighted by Gasteiger charge is 2.24. The van der Waals surface area contributed by atoms with E-state index in [4.69, 9.17) is 4.74 Å². The molecule has 0 radical (unpaired) electrons. The fraction of sp³-hybridized carbons (Fsp3) is 0.441. The van der Waals surface area contributed by atoms with Crippen LogP contribution in [0.3, 0.4) is 0 Å². The molecule has 1 aliphatic carbocycles. The average Bonchev–Trinajstić information content (AvgIpc) is 3.16. The maximum Gasteiger partial charge on any atom is 0.338 e. The standard InChI is InChI=1S/C34H41NO2/c1-6-37-32(36)26-13-10-24(11-14-26)23-35-30-16-12-25-20-28(30)29-21-27(15-17-31(29)35)34(4,5)19-9-7-8-18-33(2,3)22-25/h10-17,20-21H,6-9,18-19,22-23H2,1-5H3. The third-order valence-corrected chi connectivity index (χ3v) is 8.35. The van der Waals surface area contributed by atoms with Gasteiger partial charge in [-0.1, -0.05) is 71.2 Å². The maximum absolute atomic E-state index is 12.1. The van der Waals surface area contributed by atoms with Crippen molar-refractivity contribution in [2.45, 2.75) is 85.1 Å². The zero-order valence-corrected chi connectivity index (χ0v) is 23.2. The van der Waals surface area contributed by atoms with Crippen LogP contribution in [0.15, 0.2) is 60.7 Å². The van der Waals surface area contributed by atoms with E-state index in [0.717, 1.165) is 13.0 Å². The molecule has 0 amide bonds. The first-order valence-corrected chi connectivity index (χ1v) is 14.0. The second kappa shape index (κ2) is 10.0. The smallest absolute Gasteiger partial charge is 0.338 e. The quantitative estimate of drug-likeness (QED) is 0.265. The molecule has 4 bridgehead atoms. The van der Waals surface area contributed by atoms with E-state index in [1.807, 2.05) is 31.2 Å². The highest BCUT2D eigenvalue weighted by molar-refractivity contribution is 6.08. The van der Waals surface area contributed by atoms with Crippen LogP contribution in [0, 0.1) is 5.41 Å². The molecule has 5 rings (SSSR count). The van der Waals surface area contributed by atoms with Gasteiger partial charge in [0, 0.05) is 28.4 Å².